The quantitative estimate of drug-likeness (QED) is 0.775. The van der Waals surface area contributed by atoms with Crippen molar-refractivity contribution in [2.75, 3.05) is 26.2 Å². The molecule has 3 atom stereocenters. The van der Waals surface area contributed by atoms with Crippen molar-refractivity contribution in [3.63, 3.8) is 0 Å². The average molecular weight is 351 g/mol. The van der Waals surface area contributed by atoms with Crippen LogP contribution in [0.4, 0.5) is 0 Å². The van der Waals surface area contributed by atoms with E-state index in [1.165, 1.54) is 27.8 Å². The number of hydrogen-bond acceptors (Lipinski definition) is 4. The van der Waals surface area contributed by atoms with Crippen LogP contribution in [0.1, 0.15) is 40.0 Å². The Labute approximate surface area is 156 Å². The lowest BCUT2D eigenvalue weighted by molar-refractivity contribution is 0.0420. The highest BCUT2D eigenvalue weighted by Crippen LogP contribution is 2.28. The second kappa shape index (κ2) is 7.89. The van der Waals surface area contributed by atoms with Gasteiger partial charge in [-0.25, -0.2) is 5.43 Å². The van der Waals surface area contributed by atoms with Crippen LogP contribution in [0.5, 0.6) is 0 Å². The number of hydrazine groups is 1. The van der Waals surface area contributed by atoms with E-state index in [1.54, 1.807) is 0 Å². The van der Waals surface area contributed by atoms with Crippen LogP contribution in [0.25, 0.3) is 0 Å². The first-order valence-electron chi connectivity index (χ1n) is 9.68. The minimum absolute atomic E-state index is 0.169. The maximum atomic E-state index is 6.02. The topological polar surface area (TPSA) is 45.3 Å². The monoisotopic (exact) mass is 351 g/mol. The number of rotatable bonds is 5. The van der Waals surface area contributed by atoms with Gasteiger partial charge in [-0.2, -0.15) is 0 Å². The van der Waals surface area contributed by atoms with Gasteiger partial charge < -0.3 is 10.1 Å². The molecule has 3 N–H and O–H groups in total. The van der Waals surface area contributed by atoms with E-state index in [9.17, 15) is 0 Å². The molecule has 1 fully saturated rings. The van der Waals surface area contributed by atoms with E-state index in [2.05, 4.69) is 72.5 Å². The first kappa shape index (κ1) is 17.7. The fourth-order valence-corrected chi connectivity index (χ4v) is 4.08. The molecule has 2 heterocycles. The van der Waals surface area contributed by atoms with E-state index in [4.69, 9.17) is 4.74 Å². The minimum atomic E-state index is 0.169. The first-order valence-corrected chi connectivity index (χ1v) is 9.68. The van der Waals surface area contributed by atoms with Crippen LogP contribution in [0, 0.1) is 19.8 Å². The Kier molecular flexibility index (Phi) is 5.36. The molecule has 0 radical (unpaired) electrons. The van der Waals surface area contributed by atoms with Gasteiger partial charge in [0, 0.05) is 25.6 Å². The normalized spacial score (nSPS) is 25.2. The molecule has 0 aliphatic carbocycles. The molecule has 4 rings (SSSR count). The summed E-state index contributed by atoms with van der Waals surface area (Å²) in [7, 11) is 0. The zero-order valence-corrected chi connectivity index (χ0v) is 15.7. The van der Waals surface area contributed by atoms with Gasteiger partial charge in [0.25, 0.3) is 0 Å². The van der Waals surface area contributed by atoms with E-state index < -0.39 is 0 Å². The molecule has 0 amide bonds. The van der Waals surface area contributed by atoms with E-state index in [1.807, 2.05) is 0 Å². The average Bonchev–Trinajstić information content (AvgIpc) is 3.13. The minimum Gasteiger partial charge on any atom is -0.372 e. The molecule has 2 aliphatic heterocycles. The second-order valence-electron chi connectivity index (χ2n) is 7.57. The van der Waals surface area contributed by atoms with E-state index >= 15 is 0 Å². The lowest BCUT2D eigenvalue weighted by atomic mass is 9.92. The van der Waals surface area contributed by atoms with Gasteiger partial charge in [-0.15, -0.1) is 0 Å². The van der Waals surface area contributed by atoms with Crippen LogP contribution >= 0.6 is 0 Å². The first-order chi connectivity index (χ1) is 12.7. The third-order valence-electron chi connectivity index (χ3n) is 5.81. The predicted molar refractivity (Wildman–Crippen MR) is 105 cm³/mol. The Hall–Kier alpha value is -1.72. The second-order valence-corrected chi connectivity index (χ2v) is 7.57. The Bertz CT molecular complexity index is 761. The maximum absolute atomic E-state index is 6.02. The van der Waals surface area contributed by atoms with E-state index in [0.717, 1.165) is 32.7 Å². The molecule has 0 spiro atoms. The highest BCUT2D eigenvalue weighted by Gasteiger charge is 2.28. The van der Waals surface area contributed by atoms with Crippen LogP contribution in [0.2, 0.25) is 0 Å². The Morgan fingerprint density at radius 2 is 1.96 bits per heavy atom. The number of nitrogens with one attached hydrogen (secondary N) is 3. The summed E-state index contributed by atoms with van der Waals surface area (Å²) in [6.45, 7) is 7.99. The van der Waals surface area contributed by atoms with Crippen LogP contribution in [-0.4, -0.2) is 26.2 Å². The van der Waals surface area contributed by atoms with Crippen LogP contribution in [0.3, 0.4) is 0 Å². The van der Waals surface area contributed by atoms with Crippen molar-refractivity contribution in [2.24, 2.45) is 5.92 Å². The van der Waals surface area contributed by atoms with Crippen LogP contribution in [-0.2, 0) is 11.2 Å². The molecule has 0 aromatic heterocycles. The van der Waals surface area contributed by atoms with Crippen LogP contribution in [0.15, 0.2) is 42.5 Å². The van der Waals surface area contributed by atoms with Gasteiger partial charge in [0.05, 0.1) is 18.8 Å². The molecule has 2 aliphatic rings. The van der Waals surface area contributed by atoms with Crippen molar-refractivity contribution in [1.82, 2.24) is 16.2 Å². The van der Waals surface area contributed by atoms with E-state index in [0.29, 0.717) is 12.0 Å². The number of fused-ring (bicyclic) bond motifs is 1. The molecular formula is C22H29N3O. The van der Waals surface area contributed by atoms with Gasteiger partial charge >= 0.3 is 0 Å². The highest BCUT2D eigenvalue weighted by atomic mass is 16.5. The van der Waals surface area contributed by atoms with Gasteiger partial charge in [0.1, 0.15) is 0 Å². The van der Waals surface area contributed by atoms with Crippen molar-refractivity contribution in [1.29, 1.82) is 0 Å². The third kappa shape index (κ3) is 3.69. The van der Waals surface area contributed by atoms with Gasteiger partial charge in [-0.05, 0) is 48.1 Å². The molecule has 0 saturated carbocycles. The highest BCUT2D eigenvalue weighted by molar-refractivity contribution is 5.33. The Morgan fingerprint density at radius 3 is 2.85 bits per heavy atom. The molecule has 0 bridgehead atoms. The lowest BCUT2D eigenvalue weighted by Gasteiger charge is -2.27. The zero-order chi connectivity index (χ0) is 17.9. The van der Waals surface area contributed by atoms with Crippen molar-refractivity contribution in [2.45, 2.75) is 32.4 Å². The SMILES string of the molecule is Cc1ccc(C2NNCC2CNCC2OCCc3ccccc32)cc1C. The largest absolute Gasteiger partial charge is 0.372 e. The summed E-state index contributed by atoms with van der Waals surface area (Å²) >= 11 is 0. The molecule has 2 aromatic carbocycles. The molecule has 3 unspecified atom stereocenters. The Balaban J connectivity index is 1.36. The number of benzene rings is 2. The Morgan fingerprint density at radius 1 is 1.08 bits per heavy atom. The van der Waals surface area contributed by atoms with E-state index in [-0.39, 0.29) is 6.10 Å². The molecule has 138 valence electrons. The number of aryl methyl sites for hydroxylation is 2. The summed E-state index contributed by atoms with van der Waals surface area (Å²) in [5.41, 5.74) is 13.6. The summed E-state index contributed by atoms with van der Waals surface area (Å²) < 4.78 is 6.02. The molecule has 26 heavy (non-hydrogen) atoms. The fourth-order valence-electron chi connectivity index (χ4n) is 4.08. The number of hydrogen-bond donors (Lipinski definition) is 3. The van der Waals surface area contributed by atoms with Gasteiger partial charge in [0.15, 0.2) is 0 Å². The molecule has 4 heteroatoms. The molecule has 2 aromatic rings. The van der Waals surface area contributed by atoms with Crippen LogP contribution < -0.4 is 16.2 Å². The van der Waals surface area contributed by atoms with Crippen molar-refractivity contribution >= 4 is 0 Å². The zero-order valence-electron chi connectivity index (χ0n) is 15.7. The van der Waals surface area contributed by atoms with Crippen molar-refractivity contribution in [3.05, 3.63) is 70.3 Å². The lowest BCUT2D eigenvalue weighted by Crippen LogP contribution is -2.33. The summed E-state index contributed by atoms with van der Waals surface area (Å²) in [5, 5.41) is 3.66. The fraction of sp³-hybridized carbons (Fsp3) is 0.455. The summed E-state index contributed by atoms with van der Waals surface area (Å²) in [6.07, 6.45) is 1.19. The van der Waals surface area contributed by atoms with Crippen molar-refractivity contribution in [3.8, 4) is 0 Å². The predicted octanol–water partition coefficient (Wildman–Crippen LogP) is 2.97. The standard InChI is InChI=1S/C22H29N3O/c1-15-7-8-18(11-16(15)2)22-19(13-24-25-22)12-23-14-21-20-6-4-3-5-17(20)9-10-26-21/h3-8,11,19,21-25H,9-10,12-14H2,1-2H3. The summed E-state index contributed by atoms with van der Waals surface area (Å²) in [4.78, 5) is 0. The molecular weight excluding hydrogens is 322 g/mol. The van der Waals surface area contributed by atoms with Gasteiger partial charge in [-0.1, -0.05) is 42.5 Å². The third-order valence-corrected chi connectivity index (χ3v) is 5.81. The van der Waals surface area contributed by atoms with Crippen molar-refractivity contribution < 1.29 is 4.74 Å². The number of ether oxygens (including phenoxy) is 1. The summed E-state index contributed by atoms with van der Waals surface area (Å²) in [5.74, 6) is 0.524. The molecule has 4 nitrogen and oxygen atoms in total. The molecule has 1 saturated heterocycles. The van der Waals surface area contributed by atoms with Gasteiger partial charge in [-0.3, -0.25) is 5.43 Å². The smallest absolute Gasteiger partial charge is 0.0952 e. The maximum Gasteiger partial charge on any atom is 0.0952 e. The van der Waals surface area contributed by atoms with Gasteiger partial charge in [0.2, 0.25) is 0 Å². The summed E-state index contributed by atoms with van der Waals surface area (Å²) in [6, 6.07) is 15.8.